The number of carbonyl (C=O) groups excluding carboxylic acids is 1. The summed E-state index contributed by atoms with van der Waals surface area (Å²) < 4.78 is 31.5. The molecule has 3 rings (SSSR count). The van der Waals surface area contributed by atoms with E-state index in [2.05, 4.69) is 29.4 Å². The summed E-state index contributed by atoms with van der Waals surface area (Å²) in [4.78, 5) is 18.3. The van der Waals surface area contributed by atoms with Gasteiger partial charge in [0.05, 0.1) is 12.8 Å². The lowest BCUT2D eigenvalue weighted by Crippen LogP contribution is -2.23. The van der Waals surface area contributed by atoms with Crippen molar-refractivity contribution in [2.75, 3.05) is 26.5 Å². The van der Waals surface area contributed by atoms with Gasteiger partial charge in [-0.05, 0) is 37.1 Å². The second kappa shape index (κ2) is 9.81. The van der Waals surface area contributed by atoms with Crippen LogP contribution in [-0.2, 0) is 16.4 Å². The Kier molecular flexibility index (Phi) is 7.33. The van der Waals surface area contributed by atoms with E-state index in [1.54, 1.807) is 0 Å². The van der Waals surface area contributed by atoms with Crippen LogP contribution >= 0.6 is 11.3 Å². The maximum atomic E-state index is 12.8. The highest BCUT2D eigenvalue weighted by atomic mass is 32.2. The summed E-state index contributed by atoms with van der Waals surface area (Å²) in [6, 6.07) is 12.6. The average molecular weight is 474 g/mol. The fourth-order valence-corrected chi connectivity index (χ4v) is 5.13. The topological polar surface area (TPSA) is 88.6 Å². The van der Waals surface area contributed by atoms with Crippen LogP contribution in [0.4, 0.5) is 5.13 Å². The Balaban J connectivity index is 1.86. The minimum atomic E-state index is -3.78. The van der Waals surface area contributed by atoms with Crippen molar-refractivity contribution in [3.05, 3.63) is 58.5 Å². The number of sulfonamides is 1. The third-order valence-corrected chi connectivity index (χ3v) is 7.69. The van der Waals surface area contributed by atoms with Crippen molar-refractivity contribution in [2.24, 2.45) is 0 Å². The Bertz CT molecular complexity index is 1220. The molecule has 170 valence electrons. The number of anilines is 1. The number of benzene rings is 2. The molecule has 0 spiro atoms. The second-order valence-electron chi connectivity index (χ2n) is 7.48. The van der Waals surface area contributed by atoms with Crippen molar-refractivity contribution < 1.29 is 17.9 Å². The molecular weight excluding hydrogens is 446 g/mol. The summed E-state index contributed by atoms with van der Waals surface area (Å²) in [6.45, 7) is 4.10. The zero-order valence-corrected chi connectivity index (χ0v) is 20.4. The number of carbonyl (C=O) groups is 1. The number of rotatable bonds is 8. The molecule has 1 N–H and O–H groups in total. The molecule has 2 aromatic carbocycles. The number of ether oxygens (including phenoxy) is 1. The van der Waals surface area contributed by atoms with Crippen molar-refractivity contribution >= 4 is 32.4 Å². The van der Waals surface area contributed by atoms with E-state index in [9.17, 15) is 13.2 Å². The van der Waals surface area contributed by atoms with Gasteiger partial charge in [0.1, 0.15) is 10.6 Å². The monoisotopic (exact) mass is 473 g/mol. The number of aryl methyl sites for hydroxylation is 2. The van der Waals surface area contributed by atoms with E-state index in [1.807, 2.05) is 19.1 Å². The molecule has 9 heteroatoms. The maximum absolute atomic E-state index is 12.8. The molecule has 32 heavy (non-hydrogen) atoms. The van der Waals surface area contributed by atoms with Gasteiger partial charge in [-0.2, -0.15) is 0 Å². The van der Waals surface area contributed by atoms with Gasteiger partial charge in [-0.15, -0.1) is 11.3 Å². The van der Waals surface area contributed by atoms with Crippen molar-refractivity contribution in [3.63, 3.8) is 0 Å². The molecule has 3 aromatic rings. The van der Waals surface area contributed by atoms with Crippen LogP contribution in [0.1, 0.15) is 34.1 Å². The molecule has 0 aliphatic carbocycles. The Labute approximate surface area is 193 Å². The van der Waals surface area contributed by atoms with Crippen LogP contribution in [0.25, 0.3) is 11.3 Å². The highest BCUT2D eigenvalue weighted by molar-refractivity contribution is 7.89. The molecule has 0 aliphatic rings. The van der Waals surface area contributed by atoms with Crippen molar-refractivity contribution in [3.8, 4) is 17.0 Å². The van der Waals surface area contributed by atoms with E-state index in [-0.39, 0.29) is 16.2 Å². The van der Waals surface area contributed by atoms with Crippen LogP contribution in [0.15, 0.2) is 47.4 Å². The van der Waals surface area contributed by atoms with Crippen LogP contribution in [0.5, 0.6) is 5.75 Å². The Morgan fingerprint density at radius 3 is 2.44 bits per heavy atom. The first-order chi connectivity index (χ1) is 15.2. The smallest absolute Gasteiger partial charge is 0.257 e. The number of nitrogens with one attached hydrogen (secondary N) is 1. The lowest BCUT2D eigenvalue weighted by atomic mass is 10.1. The quantitative estimate of drug-likeness (QED) is 0.517. The molecule has 0 atom stereocenters. The van der Waals surface area contributed by atoms with Gasteiger partial charge in [-0.25, -0.2) is 17.7 Å². The number of hydrogen-bond donors (Lipinski definition) is 1. The molecule has 7 nitrogen and oxygen atoms in total. The van der Waals surface area contributed by atoms with Crippen LogP contribution in [0.3, 0.4) is 0 Å². The third-order valence-electron chi connectivity index (χ3n) is 4.97. The Morgan fingerprint density at radius 1 is 1.16 bits per heavy atom. The summed E-state index contributed by atoms with van der Waals surface area (Å²) >= 11 is 1.37. The average Bonchev–Trinajstić information content (AvgIpc) is 3.13. The standard InChI is InChI=1S/C23H27N3O4S2/c1-6-7-16-8-10-17(11-9-16)21-15(2)31-23(24-21)25-22(27)18-12-13-19(30-5)20(14-18)32(28,29)26(3)4/h8-14H,6-7H2,1-5H3,(H,24,25,27). The predicted octanol–water partition coefficient (Wildman–Crippen LogP) is 4.58. The first-order valence-electron chi connectivity index (χ1n) is 10.2. The minimum Gasteiger partial charge on any atom is -0.495 e. The SMILES string of the molecule is CCCc1ccc(-c2nc(NC(=O)c3ccc(OC)c(S(=O)(=O)N(C)C)c3)sc2C)cc1. The normalized spacial score (nSPS) is 11.6. The third kappa shape index (κ3) is 5.01. The van der Waals surface area contributed by atoms with E-state index in [4.69, 9.17) is 4.74 Å². The van der Waals surface area contributed by atoms with Gasteiger partial charge < -0.3 is 4.74 Å². The fraction of sp³-hybridized carbons (Fsp3) is 0.304. The van der Waals surface area contributed by atoms with Crippen LogP contribution in [0, 0.1) is 6.92 Å². The van der Waals surface area contributed by atoms with Crippen molar-refractivity contribution in [1.29, 1.82) is 0 Å². The molecule has 0 radical (unpaired) electrons. The molecule has 1 amide bonds. The molecule has 1 aromatic heterocycles. The second-order valence-corrected chi connectivity index (χ2v) is 10.8. The number of methoxy groups -OCH3 is 1. The number of amides is 1. The van der Waals surface area contributed by atoms with E-state index >= 15 is 0 Å². The van der Waals surface area contributed by atoms with E-state index in [0.29, 0.717) is 5.13 Å². The van der Waals surface area contributed by atoms with E-state index < -0.39 is 15.9 Å². The lowest BCUT2D eigenvalue weighted by molar-refractivity contribution is 0.102. The predicted molar refractivity (Wildman–Crippen MR) is 128 cm³/mol. The van der Waals surface area contributed by atoms with Crippen LogP contribution < -0.4 is 10.1 Å². The summed E-state index contributed by atoms with van der Waals surface area (Å²) in [5.41, 5.74) is 3.28. The first kappa shape index (κ1) is 23.9. The minimum absolute atomic E-state index is 0.0687. The lowest BCUT2D eigenvalue weighted by Gasteiger charge is -2.15. The van der Waals surface area contributed by atoms with Crippen LogP contribution in [0.2, 0.25) is 0 Å². The highest BCUT2D eigenvalue weighted by Crippen LogP contribution is 2.32. The molecule has 0 saturated heterocycles. The largest absolute Gasteiger partial charge is 0.495 e. The van der Waals surface area contributed by atoms with Crippen LogP contribution in [-0.4, -0.2) is 44.8 Å². The molecular formula is C23H27N3O4S2. The van der Waals surface area contributed by atoms with Gasteiger partial charge in [0, 0.05) is 30.1 Å². The molecule has 0 aliphatic heterocycles. The first-order valence-corrected chi connectivity index (χ1v) is 12.4. The number of hydrogen-bond acceptors (Lipinski definition) is 6. The van der Waals surface area contributed by atoms with Gasteiger partial charge in [0.15, 0.2) is 5.13 Å². The summed E-state index contributed by atoms with van der Waals surface area (Å²) in [6.07, 6.45) is 2.12. The van der Waals surface area contributed by atoms with Crippen molar-refractivity contribution in [2.45, 2.75) is 31.6 Å². The van der Waals surface area contributed by atoms with Gasteiger partial charge in [0.2, 0.25) is 10.0 Å². The zero-order chi connectivity index (χ0) is 23.5. The molecule has 0 bridgehead atoms. The molecule has 0 fully saturated rings. The molecule has 0 unspecified atom stereocenters. The Hall–Kier alpha value is -2.75. The maximum Gasteiger partial charge on any atom is 0.257 e. The van der Waals surface area contributed by atoms with Gasteiger partial charge >= 0.3 is 0 Å². The number of nitrogens with zero attached hydrogens (tertiary/aromatic N) is 2. The highest BCUT2D eigenvalue weighted by Gasteiger charge is 2.24. The zero-order valence-electron chi connectivity index (χ0n) is 18.8. The summed E-state index contributed by atoms with van der Waals surface area (Å²) in [5, 5.41) is 3.24. The Morgan fingerprint density at radius 2 is 1.84 bits per heavy atom. The van der Waals surface area contributed by atoms with E-state index in [1.165, 1.54) is 56.3 Å². The molecule has 1 heterocycles. The van der Waals surface area contributed by atoms with Gasteiger partial charge in [0.25, 0.3) is 5.91 Å². The van der Waals surface area contributed by atoms with Crippen molar-refractivity contribution in [1.82, 2.24) is 9.29 Å². The van der Waals surface area contributed by atoms with Gasteiger partial charge in [-0.3, -0.25) is 10.1 Å². The summed E-state index contributed by atoms with van der Waals surface area (Å²) in [7, 11) is 0.461. The van der Waals surface area contributed by atoms with Gasteiger partial charge in [-0.1, -0.05) is 37.6 Å². The number of aromatic nitrogens is 1. The fourth-order valence-electron chi connectivity index (χ4n) is 3.22. The summed E-state index contributed by atoms with van der Waals surface area (Å²) in [5.74, 6) is -0.268. The molecule has 0 saturated carbocycles. The number of thiazole rings is 1. The van der Waals surface area contributed by atoms with E-state index in [0.717, 1.165) is 33.3 Å².